The maximum absolute atomic E-state index is 10.5. The summed E-state index contributed by atoms with van der Waals surface area (Å²) in [6, 6.07) is 0. The summed E-state index contributed by atoms with van der Waals surface area (Å²) in [5.74, 6) is -5.60. The molecule has 125 valence electrons. The minimum Gasteiger partial charge on any atom is -0.549 e. The second-order valence-corrected chi connectivity index (χ2v) is 4.28. The molecule has 0 fully saturated rings. The first kappa shape index (κ1) is 22.6. The number of aliphatic carboxylic acids is 4. The van der Waals surface area contributed by atoms with E-state index in [9.17, 15) is 34.5 Å². The first-order valence-electron chi connectivity index (χ1n) is 5.96. The number of hydrogen-bond donors (Lipinski definition) is 1. The predicted octanol–water partition coefficient (Wildman–Crippen LogP) is -5.69. The third kappa shape index (κ3) is 13.3. The number of carbonyl (C=O) groups excluding carboxylic acids is 3. The molecule has 0 heterocycles. The van der Waals surface area contributed by atoms with Crippen molar-refractivity contribution in [3.8, 4) is 0 Å². The van der Waals surface area contributed by atoms with E-state index in [0.717, 1.165) is 9.80 Å². The number of hydrogen-bond acceptors (Lipinski definition) is 9. The van der Waals surface area contributed by atoms with Crippen LogP contribution in [0.15, 0.2) is 0 Å². The SMILES string of the molecule is O=C([O-])CN(CCCN(CC(=O)[O-])CC(=O)O)CC(=O)[O-].[Fe+3]. The average Bonchev–Trinajstić information content (AvgIpc) is 2.24. The number of carbonyl (C=O) groups is 4. The molecule has 0 atom stereocenters. The molecule has 11 heteroatoms. The molecule has 0 aliphatic carbocycles. The van der Waals surface area contributed by atoms with E-state index in [1.54, 1.807) is 0 Å². The van der Waals surface area contributed by atoms with E-state index in [4.69, 9.17) is 5.11 Å². The minimum absolute atomic E-state index is 0. The molecule has 1 N–H and O–H groups in total. The van der Waals surface area contributed by atoms with Crippen LogP contribution in [0.3, 0.4) is 0 Å². The standard InChI is InChI=1S/C11H18N2O8.Fe/c14-8(15)4-12(5-9(16)17)2-1-3-13(6-10(18)19)7-11(20)21;/h1-7H2,(H,14,15)(H,16,17)(H,18,19)(H,20,21);/q;+3/p-3. The summed E-state index contributed by atoms with van der Waals surface area (Å²) in [5.41, 5.74) is 0. The van der Waals surface area contributed by atoms with Gasteiger partial charge in [-0.25, -0.2) is 0 Å². The molecular formula is C11H15FeN2O8. The van der Waals surface area contributed by atoms with E-state index in [-0.39, 0.29) is 36.6 Å². The fraction of sp³-hybridized carbons (Fsp3) is 0.636. The van der Waals surface area contributed by atoms with Gasteiger partial charge in [-0.3, -0.25) is 14.6 Å². The Morgan fingerprint density at radius 2 is 1.05 bits per heavy atom. The molecule has 0 spiro atoms. The Balaban J connectivity index is 0. The van der Waals surface area contributed by atoms with Gasteiger partial charge in [-0.05, 0) is 6.42 Å². The van der Waals surface area contributed by atoms with Crippen LogP contribution in [0.4, 0.5) is 0 Å². The second kappa shape index (κ2) is 11.9. The molecule has 0 aromatic carbocycles. The van der Waals surface area contributed by atoms with E-state index in [1.165, 1.54) is 0 Å². The van der Waals surface area contributed by atoms with Crippen LogP contribution in [0.1, 0.15) is 6.42 Å². The fourth-order valence-electron chi connectivity index (χ4n) is 1.68. The Kier molecular flexibility index (Phi) is 12.2. The van der Waals surface area contributed by atoms with Crippen LogP contribution in [0.25, 0.3) is 0 Å². The van der Waals surface area contributed by atoms with Gasteiger partial charge in [0.15, 0.2) is 0 Å². The van der Waals surface area contributed by atoms with Gasteiger partial charge < -0.3 is 34.8 Å². The first-order valence-corrected chi connectivity index (χ1v) is 5.96. The molecule has 0 rings (SSSR count). The third-order valence-corrected chi connectivity index (χ3v) is 2.37. The van der Waals surface area contributed by atoms with Crippen molar-refractivity contribution >= 4 is 23.9 Å². The summed E-state index contributed by atoms with van der Waals surface area (Å²) in [7, 11) is 0. The number of carboxylic acids is 4. The maximum atomic E-state index is 10.5. The second-order valence-electron chi connectivity index (χ2n) is 4.28. The van der Waals surface area contributed by atoms with Crippen LogP contribution < -0.4 is 15.3 Å². The van der Waals surface area contributed by atoms with Crippen molar-refractivity contribution < 1.29 is 56.7 Å². The molecule has 0 aromatic rings. The molecule has 0 aromatic heterocycles. The van der Waals surface area contributed by atoms with Gasteiger partial charge in [0, 0.05) is 32.7 Å². The van der Waals surface area contributed by atoms with E-state index in [0.29, 0.717) is 0 Å². The van der Waals surface area contributed by atoms with Crippen LogP contribution >= 0.6 is 0 Å². The molecule has 0 saturated heterocycles. The fourth-order valence-corrected chi connectivity index (χ4v) is 1.68. The molecule has 1 radical (unpaired) electrons. The summed E-state index contributed by atoms with van der Waals surface area (Å²) in [6.07, 6.45) is 0.168. The van der Waals surface area contributed by atoms with Crippen LogP contribution in [-0.2, 0) is 36.2 Å². The van der Waals surface area contributed by atoms with Gasteiger partial charge in [-0.2, -0.15) is 0 Å². The van der Waals surface area contributed by atoms with Gasteiger partial charge in [0.2, 0.25) is 0 Å². The molecule has 22 heavy (non-hydrogen) atoms. The Labute approximate surface area is 136 Å². The van der Waals surface area contributed by atoms with E-state index >= 15 is 0 Å². The van der Waals surface area contributed by atoms with E-state index in [2.05, 4.69) is 0 Å². The van der Waals surface area contributed by atoms with Crippen LogP contribution in [0, 0.1) is 0 Å². The number of rotatable bonds is 12. The zero-order valence-electron chi connectivity index (χ0n) is 11.5. The van der Waals surface area contributed by atoms with Crippen molar-refractivity contribution in [1.29, 1.82) is 0 Å². The normalized spacial score (nSPS) is 10.3. The van der Waals surface area contributed by atoms with Gasteiger partial charge in [0.1, 0.15) is 0 Å². The Bertz CT molecular complexity index is 336. The van der Waals surface area contributed by atoms with E-state index in [1.807, 2.05) is 0 Å². The maximum Gasteiger partial charge on any atom is 3.00 e. The minimum atomic E-state index is -1.46. The van der Waals surface area contributed by atoms with Crippen LogP contribution in [-0.4, -0.2) is 78.1 Å². The summed E-state index contributed by atoms with van der Waals surface area (Å²) >= 11 is 0. The Morgan fingerprint density at radius 3 is 1.32 bits per heavy atom. The van der Waals surface area contributed by atoms with E-state index < -0.39 is 50.1 Å². The van der Waals surface area contributed by atoms with Crippen LogP contribution in [0.5, 0.6) is 0 Å². The first-order chi connectivity index (χ1) is 9.70. The molecule has 0 amide bonds. The van der Waals surface area contributed by atoms with Gasteiger partial charge in [0.05, 0.1) is 24.5 Å². The molecular weight excluding hydrogens is 344 g/mol. The number of nitrogens with zero attached hydrogens (tertiary/aromatic N) is 2. The van der Waals surface area contributed by atoms with Gasteiger partial charge in [0.25, 0.3) is 0 Å². The van der Waals surface area contributed by atoms with Crippen molar-refractivity contribution in [3.05, 3.63) is 0 Å². The van der Waals surface area contributed by atoms with Gasteiger partial charge >= 0.3 is 23.0 Å². The topological polar surface area (TPSA) is 164 Å². The largest absolute Gasteiger partial charge is 3.00 e. The van der Waals surface area contributed by atoms with Crippen molar-refractivity contribution in [2.24, 2.45) is 0 Å². The van der Waals surface area contributed by atoms with Crippen molar-refractivity contribution in [1.82, 2.24) is 9.80 Å². The van der Waals surface area contributed by atoms with Crippen molar-refractivity contribution in [3.63, 3.8) is 0 Å². The van der Waals surface area contributed by atoms with Crippen molar-refractivity contribution in [2.45, 2.75) is 6.42 Å². The molecule has 0 aliphatic rings. The van der Waals surface area contributed by atoms with Crippen molar-refractivity contribution in [2.75, 3.05) is 39.3 Å². The summed E-state index contributed by atoms with van der Waals surface area (Å²) < 4.78 is 0. The Morgan fingerprint density at radius 1 is 0.727 bits per heavy atom. The molecule has 0 bridgehead atoms. The Hall–Kier alpha value is -1.68. The third-order valence-electron chi connectivity index (χ3n) is 2.37. The van der Waals surface area contributed by atoms with Gasteiger partial charge in [-0.1, -0.05) is 0 Å². The monoisotopic (exact) mass is 359 g/mol. The zero-order chi connectivity index (χ0) is 16.4. The molecule has 0 saturated carbocycles. The average molecular weight is 359 g/mol. The summed E-state index contributed by atoms with van der Waals surface area (Å²) in [5, 5.41) is 39.9. The van der Waals surface area contributed by atoms with Gasteiger partial charge in [-0.15, -0.1) is 0 Å². The summed E-state index contributed by atoms with van der Waals surface area (Å²) in [4.78, 5) is 44.0. The van der Waals surface area contributed by atoms with Crippen LogP contribution in [0.2, 0.25) is 0 Å². The summed E-state index contributed by atoms with van der Waals surface area (Å²) in [6.45, 7) is -2.31. The molecule has 0 unspecified atom stereocenters. The number of carboxylic acid groups (broad SMARTS) is 4. The zero-order valence-corrected chi connectivity index (χ0v) is 12.6. The smallest absolute Gasteiger partial charge is 0.549 e. The molecule has 0 aliphatic heterocycles. The quantitative estimate of drug-likeness (QED) is 0.332. The predicted molar refractivity (Wildman–Crippen MR) is 60.2 cm³/mol. The molecule has 10 nitrogen and oxygen atoms in total.